The highest BCUT2D eigenvalue weighted by Gasteiger charge is 2.13. The lowest BCUT2D eigenvalue weighted by atomic mass is 10.0. The summed E-state index contributed by atoms with van der Waals surface area (Å²) >= 11 is 0. The molecule has 1 aromatic rings. The minimum absolute atomic E-state index is 0.0884. The van der Waals surface area contributed by atoms with Crippen LogP contribution in [0.4, 0.5) is 11.4 Å². The van der Waals surface area contributed by atoms with Crippen molar-refractivity contribution >= 4 is 11.4 Å². The van der Waals surface area contributed by atoms with Crippen molar-refractivity contribution in [1.29, 1.82) is 0 Å². The topological polar surface area (TPSA) is 24.1 Å². The fourth-order valence-corrected chi connectivity index (χ4v) is 1.67. The molecule has 17 heavy (non-hydrogen) atoms. The van der Waals surface area contributed by atoms with Gasteiger partial charge in [0.15, 0.2) is 0 Å². The molecule has 0 radical (unpaired) electrons. The third kappa shape index (κ3) is 5.12. The third-order valence-corrected chi connectivity index (χ3v) is 2.27. The van der Waals surface area contributed by atoms with Crippen LogP contribution >= 0.6 is 0 Å². The van der Waals surface area contributed by atoms with Gasteiger partial charge in [0, 0.05) is 22.5 Å². The van der Waals surface area contributed by atoms with Crippen molar-refractivity contribution in [1.82, 2.24) is 0 Å². The van der Waals surface area contributed by atoms with Crippen molar-refractivity contribution < 1.29 is 0 Å². The van der Waals surface area contributed by atoms with Crippen LogP contribution in [0.3, 0.4) is 0 Å². The van der Waals surface area contributed by atoms with Gasteiger partial charge in [-0.1, -0.05) is 6.07 Å². The molecule has 2 heteroatoms. The first-order valence-electron chi connectivity index (χ1n) is 6.24. The summed E-state index contributed by atoms with van der Waals surface area (Å²) in [6.45, 7) is 15.2. The summed E-state index contributed by atoms with van der Waals surface area (Å²) in [5, 5.41) is 7.03. The Morgan fingerprint density at radius 1 is 0.824 bits per heavy atom. The van der Waals surface area contributed by atoms with E-state index in [9.17, 15) is 0 Å². The average molecular weight is 234 g/mol. The van der Waals surface area contributed by atoms with E-state index in [1.165, 1.54) is 11.3 Å². The van der Waals surface area contributed by atoms with E-state index in [2.05, 4.69) is 77.3 Å². The molecule has 0 spiro atoms. The lowest BCUT2D eigenvalue weighted by Gasteiger charge is -2.26. The molecule has 0 heterocycles. The van der Waals surface area contributed by atoms with Gasteiger partial charge >= 0.3 is 0 Å². The van der Waals surface area contributed by atoms with Crippen LogP contribution in [0.2, 0.25) is 0 Å². The van der Waals surface area contributed by atoms with E-state index in [-0.39, 0.29) is 11.1 Å². The molecule has 0 aromatic heterocycles. The first kappa shape index (κ1) is 13.9. The molecule has 0 fully saturated rings. The Kier molecular flexibility index (Phi) is 3.75. The van der Waals surface area contributed by atoms with Gasteiger partial charge in [0.25, 0.3) is 0 Å². The predicted octanol–water partition coefficient (Wildman–Crippen LogP) is 4.42. The van der Waals surface area contributed by atoms with Crippen molar-refractivity contribution in [3.63, 3.8) is 0 Å². The minimum Gasteiger partial charge on any atom is -0.380 e. The van der Waals surface area contributed by atoms with Gasteiger partial charge in [0.2, 0.25) is 0 Å². The molecular formula is C15H26N2. The Bertz CT molecular complexity index is 381. The molecule has 2 nitrogen and oxygen atoms in total. The Morgan fingerprint density at radius 2 is 1.35 bits per heavy atom. The number of hydrogen-bond donors (Lipinski definition) is 2. The summed E-state index contributed by atoms with van der Waals surface area (Å²) in [6.07, 6.45) is 0. The van der Waals surface area contributed by atoms with Crippen LogP contribution in [0.1, 0.15) is 47.1 Å². The second kappa shape index (κ2) is 4.59. The maximum atomic E-state index is 3.54. The van der Waals surface area contributed by atoms with Crippen LogP contribution in [0.15, 0.2) is 18.2 Å². The normalized spacial score (nSPS) is 12.4. The highest BCUT2D eigenvalue weighted by Crippen LogP contribution is 2.25. The van der Waals surface area contributed by atoms with Crippen molar-refractivity contribution in [2.24, 2.45) is 0 Å². The van der Waals surface area contributed by atoms with Crippen LogP contribution in [0.25, 0.3) is 0 Å². The summed E-state index contributed by atoms with van der Waals surface area (Å²) in [5.41, 5.74) is 3.82. The predicted molar refractivity (Wildman–Crippen MR) is 77.9 cm³/mol. The van der Waals surface area contributed by atoms with Gasteiger partial charge in [0.05, 0.1) is 0 Å². The monoisotopic (exact) mass is 234 g/mol. The number of hydrogen-bond acceptors (Lipinski definition) is 2. The van der Waals surface area contributed by atoms with E-state index in [1.807, 2.05) is 0 Å². The molecule has 2 N–H and O–H groups in total. The summed E-state index contributed by atoms with van der Waals surface area (Å²) in [4.78, 5) is 0. The highest BCUT2D eigenvalue weighted by atomic mass is 15.0. The maximum Gasteiger partial charge on any atom is 0.0394 e. The van der Waals surface area contributed by atoms with Gasteiger partial charge in [-0.25, -0.2) is 0 Å². The van der Waals surface area contributed by atoms with E-state index >= 15 is 0 Å². The van der Waals surface area contributed by atoms with Crippen molar-refractivity contribution in [2.75, 3.05) is 10.6 Å². The Morgan fingerprint density at radius 3 is 1.82 bits per heavy atom. The van der Waals surface area contributed by atoms with Crippen molar-refractivity contribution in [3.05, 3.63) is 23.8 Å². The van der Waals surface area contributed by atoms with Crippen LogP contribution in [0, 0.1) is 6.92 Å². The summed E-state index contributed by atoms with van der Waals surface area (Å²) in [6, 6.07) is 6.47. The number of aryl methyl sites for hydroxylation is 1. The van der Waals surface area contributed by atoms with Crippen molar-refractivity contribution in [2.45, 2.75) is 59.5 Å². The lowest BCUT2D eigenvalue weighted by molar-refractivity contribution is 0.630. The molecule has 96 valence electrons. The first-order valence-corrected chi connectivity index (χ1v) is 6.24. The van der Waals surface area contributed by atoms with Crippen LogP contribution in [0.5, 0.6) is 0 Å². The number of anilines is 2. The fraction of sp³-hybridized carbons (Fsp3) is 0.600. The fourth-order valence-electron chi connectivity index (χ4n) is 1.67. The van der Waals surface area contributed by atoms with Gasteiger partial charge in [-0.2, -0.15) is 0 Å². The van der Waals surface area contributed by atoms with Gasteiger partial charge in [-0.15, -0.1) is 0 Å². The average Bonchev–Trinajstić information content (AvgIpc) is 2.05. The van der Waals surface area contributed by atoms with E-state index in [1.54, 1.807) is 0 Å². The number of benzene rings is 1. The largest absolute Gasteiger partial charge is 0.380 e. The zero-order chi connectivity index (χ0) is 13.3. The molecule has 0 saturated carbocycles. The second-order valence-electron chi connectivity index (χ2n) is 6.78. The minimum atomic E-state index is 0.0884. The maximum absolute atomic E-state index is 3.54. The molecule has 0 unspecified atom stereocenters. The van der Waals surface area contributed by atoms with E-state index in [4.69, 9.17) is 0 Å². The van der Waals surface area contributed by atoms with Crippen LogP contribution in [-0.4, -0.2) is 11.1 Å². The molecule has 0 saturated heterocycles. The van der Waals surface area contributed by atoms with Crippen LogP contribution in [-0.2, 0) is 0 Å². The summed E-state index contributed by atoms with van der Waals surface area (Å²) < 4.78 is 0. The summed E-state index contributed by atoms with van der Waals surface area (Å²) in [5.74, 6) is 0. The van der Waals surface area contributed by atoms with Crippen molar-refractivity contribution in [3.8, 4) is 0 Å². The molecule has 1 aromatic carbocycles. The van der Waals surface area contributed by atoms with Gasteiger partial charge in [-0.05, 0) is 66.2 Å². The number of rotatable bonds is 2. The molecule has 0 amide bonds. The summed E-state index contributed by atoms with van der Waals surface area (Å²) in [7, 11) is 0. The van der Waals surface area contributed by atoms with E-state index in [0.717, 1.165) is 5.69 Å². The molecule has 0 aliphatic carbocycles. The molecule has 0 atom stereocenters. The van der Waals surface area contributed by atoms with Gasteiger partial charge in [-0.3, -0.25) is 0 Å². The molecule has 1 rings (SSSR count). The smallest absolute Gasteiger partial charge is 0.0394 e. The molecule has 0 aliphatic rings. The van der Waals surface area contributed by atoms with Gasteiger partial charge < -0.3 is 10.6 Å². The first-order chi connectivity index (χ1) is 7.57. The zero-order valence-electron chi connectivity index (χ0n) is 12.2. The molecule has 0 aliphatic heterocycles. The molecule has 0 bridgehead atoms. The number of nitrogens with one attached hydrogen (secondary N) is 2. The SMILES string of the molecule is Cc1ccc(NC(C)(C)C)cc1NC(C)(C)C. The zero-order valence-corrected chi connectivity index (χ0v) is 12.2. The standard InChI is InChI=1S/C15H26N2/c1-11-8-9-12(16-14(2,3)4)10-13(11)17-15(5,6)7/h8-10,16-17H,1-7H3. The Hall–Kier alpha value is -1.18. The third-order valence-electron chi connectivity index (χ3n) is 2.27. The van der Waals surface area contributed by atoms with Gasteiger partial charge in [0.1, 0.15) is 0 Å². The second-order valence-corrected chi connectivity index (χ2v) is 6.78. The Balaban J connectivity index is 2.95. The lowest BCUT2D eigenvalue weighted by Crippen LogP contribution is -2.28. The van der Waals surface area contributed by atoms with E-state index < -0.39 is 0 Å². The van der Waals surface area contributed by atoms with Crippen LogP contribution < -0.4 is 10.6 Å². The molecular weight excluding hydrogens is 208 g/mol. The highest BCUT2D eigenvalue weighted by molar-refractivity contribution is 5.62. The quantitative estimate of drug-likeness (QED) is 0.791. The Labute approximate surface area is 106 Å². The van der Waals surface area contributed by atoms with E-state index in [0.29, 0.717) is 0 Å².